The number of rotatable bonds is 7. The van der Waals surface area contributed by atoms with Crippen LogP contribution in [-0.4, -0.2) is 33.0 Å². The highest BCUT2D eigenvalue weighted by Gasteiger charge is 2.20. The zero-order valence-corrected chi connectivity index (χ0v) is 17.4. The fourth-order valence-electron chi connectivity index (χ4n) is 3.07. The second-order valence-corrected chi connectivity index (χ2v) is 6.78. The van der Waals surface area contributed by atoms with Crippen LogP contribution < -0.4 is 15.6 Å². The molecule has 9 nitrogen and oxygen atoms in total. The molecule has 1 heterocycles. The van der Waals surface area contributed by atoms with Gasteiger partial charge in [-0.3, -0.25) is 14.3 Å². The summed E-state index contributed by atoms with van der Waals surface area (Å²) in [5, 5.41) is 20.9. The van der Waals surface area contributed by atoms with Gasteiger partial charge in [0.05, 0.1) is 11.4 Å². The maximum Gasteiger partial charge on any atom is 0.341 e. The Kier molecular flexibility index (Phi) is 6.56. The lowest BCUT2D eigenvalue weighted by atomic mass is 10.1. The fourth-order valence-corrected chi connectivity index (χ4v) is 3.07. The van der Waals surface area contributed by atoms with Crippen LogP contribution in [0.15, 0.2) is 65.0 Å². The molecule has 162 valence electrons. The predicted molar refractivity (Wildman–Crippen MR) is 118 cm³/mol. The third-order valence-electron chi connectivity index (χ3n) is 4.73. The molecule has 0 bridgehead atoms. The monoisotopic (exact) mass is 432 g/mol. The Labute approximate surface area is 183 Å². The third kappa shape index (κ3) is 4.60. The van der Waals surface area contributed by atoms with Crippen LogP contribution in [0.5, 0.6) is 5.75 Å². The molecule has 0 saturated carbocycles. The molecule has 0 unspecified atom stereocenters. The van der Waals surface area contributed by atoms with Crippen LogP contribution in [0.25, 0.3) is 11.8 Å². The summed E-state index contributed by atoms with van der Waals surface area (Å²) in [6.07, 6.45) is 1.28. The number of carbonyl (C=O) groups excluding carboxylic acids is 1. The number of nitrogens with zero attached hydrogens (tertiary/aromatic N) is 3. The molecule has 3 rings (SSSR count). The Morgan fingerprint density at radius 3 is 2.47 bits per heavy atom. The number of anilines is 1. The molecule has 1 amide bonds. The lowest BCUT2D eigenvalue weighted by molar-refractivity contribution is -0.139. The van der Waals surface area contributed by atoms with Crippen molar-refractivity contribution in [1.29, 1.82) is 5.26 Å². The summed E-state index contributed by atoms with van der Waals surface area (Å²) in [5.41, 5.74) is 0.834. The number of aliphatic carboxylic acids is 1. The van der Waals surface area contributed by atoms with Crippen molar-refractivity contribution in [2.24, 2.45) is 7.05 Å². The molecular weight excluding hydrogens is 412 g/mol. The molecule has 2 N–H and O–H groups in total. The van der Waals surface area contributed by atoms with Crippen molar-refractivity contribution in [1.82, 2.24) is 9.36 Å². The fraction of sp³-hybridized carbons (Fsp3) is 0.130. The minimum absolute atomic E-state index is 0.0536. The minimum atomic E-state index is -1.16. The summed E-state index contributed by atoms with van der Waals surface area (Å²) in [5.74, 6) is -1.72. The van der Waals surface area contributed by atoms with Gasteiger partial charge in [-0.15, -0.1) is 0 Å². The summed E-state index contributed by atoms with van der Waals surface area (Å²) >= 11 is 0. The van der Waals surface area contributed by atoms with Crippen LogP contribution in [0.4, 0.5) is 5.69 Å². The van der Waals surface area contributed by atoms with E-state index in [0.717, 1.165) is 0 Å². The molecule has 0 fully saturated rings. The van der Waals surface area contributed by atoms with Crippen molar-refractivity contribution in [3.63, 3.8) is 0 Å². The maximum absolute atomic E-state index is 13.0. The Balaban J connectivity index is 1.93. The number of carbonyl (C=O) groups is 2. The molecule has 0 radical (unpaired) electrons. The van der Waals surface area contributed by atoms with Crippen molar-refractivity contribution in [2.45, 2.75) is 6.92 Å². The molecule has 0 aliphatic heterocycles. The van der Waals surface area contributed by atoms with Gasteiger partial charge in [-0.25, -0.2) is 9.48 Å². The number of aromatic nitrogens is 2. The van der Waals surface area contributed by atoms with E-state index in [0.29, 0.717) is 16.9 Å². The van der Waals surface area contributed by atoms with Crippen molar-refractivity contribution in [3.05, 3.63) is 81.8 Å². The number of carboxylic acid groups (broad SMARTS) is 1. The van der Waals surface area contributed by atoms with Gasteiger partial charge < -0.3 is 15.2 Å². The van der Waals surface area contributed by atoms with E-state index in [2.05, 4.69) is 5.32 Å². The van der Waals surface area contributed by atoms with Gasteiger partial charge in [0.2, 0.25) is 0 Å². The first-order valence-electron chi connectivity index (χ1n) is 9.54. The van der Waals surface area contributed by atoms with E-state index >= 15 is 0 Å². The molecule has 0 aliphatic rings. The lowest BCUT2D eigenvalue weighted by Crippen LogP contribution is -2.23. The van der Waals surface area contributed by atoms with Gasteiger partial charge in [-0.1, -0.05) is 36.4 Å². The molecule has 3 aromatic rings. The maximum atomic E-state index is 13.0. The molecule has 9 heteroatoms. The molecular formula is C23H20N4O5. The van der Waals surface area contributed by atoms with Crippen LogP contribution in [0.2, 0.25) is 0 Å². The molecule has 2 aromatic carbocycles. The van der Waals surface area contributed by atoms with Gasteiger partial charge in [0.15, 0.2) is 6.61 Å². The highest BCUT2D eigenvalue weighted by Crippen LogP contribution is 2.22. The highest BCUT2D eigenvalue weighted by atomic mass is 16.5. The minimum Gasteiger partial charge on any atom is -0.481 e. The number of hydrogen-bond acceptors (Lipinski definition) is 5. The smallest absolute Gasteiger partial charge is 0.341 e. The Morgan fingerprint density at radius 2 is 1.81 bits per heavy atom. The normalized spacial score (nSPS) is 11.0. The van der Waals surface area contributed by atoms with Gasteiger partial charge in [-0.2, -0.15) is 5.26 Å². The summed E-state index contributed by atoms with van der Waals surface area (Å²) in [6, 6.07) is 17.2. The topological polar surface area (TPSA) is 126 Å². The zero-order chi connectivity index (χ0) is 23.3. The number of nitrogens with one attached hydrogen (secondary N) is 1. The average molecular weight is 432 g/mol. The summed E-state index contributed by atoms with van der Waals surface area (Å²) in [7, 11) is 1.69. The number of para-hydroxylation sites is 2. The van der Waals surface area contributed by atoms with E-state index in [1.54, 1.807) is 61.1 Å². The number of carboxylic acids is 1. The summed E-state index contributed by atoms with van der Waals surface area (Å²) in [4.78, 5) is 36.5. The average Bonchev–Trinajstić information content (AvgIpc) is 3.00. The first kappa shape index (κ1) is 22.1. The van der Waals surface area contributed by atoms with E-state index < -0.39 is 24.0 Å². The Bertz CT molecular complexity index is 1300. The second kappa shape index (κ2) is 9.49. The zero-order valence-electron chi connectivity index (χ0n) is 17.4. The molecule has 0 aliphatic carbocycles. The highest BCUT2D eigenvalue weighted by molar-refractivity contribution is 6.10. The van der Waals surface area contributed by atoms with Crippen LogP contribution in [0.1, 0.15) is 11.3 Å². The Hall–Kier alpha value is -4.58. The van der Waals surface area contributed by atoms with Gasteiger partial charge in [-0.05, 0) is 31.2 Å². The second-order valence-electron chi connectivity index (χ2n) is 6.78. The van der Waals surface area contributed by atoms with E-state index in [4.69, 9.17) is 9.84 Å². The van der Waals surface area contributed by atoms with Crippen molar-refractivity contribution in [3.8, 4) is 17.5 Å². The largest absolute Gasteiger partial charge is 0.481 e. The Morgan fingerprint density at radius 1 is 1.16 bits per heavy atom. The number of amides is 1. The summed E-state index contributed by atoms with van der Waals surface area (Å²) in [6.45, 7) is 1.11. The van der Waals surface area contributed by atoms with Gasteiger partial charge in [0.25, 0.3) is 11.5 Å². The van der Waals surface area contributed by atoms with Crippen molar-refractivity contribution in [2.75, 3.05) is 11.9 Å². The first-order valence-corrected chi connectivity index (χ1v) is 9.54. The van der Waals surface area contributed by atoms with Gasteiger partial charge >= 0.3 is 5.97 Å². The van der Waals surface area contributed by atoms with Crippen molar-refractivity contribution >= 4 is 23.6 Å². The molecule has 0 saturated heterocycles. The predicted octanol–water partition coefficient (Wildman–Crippen LogP) is 2.49. The van der Waals surface area contributed by atoms with Crippen LogP contribution in [-0.2, 0) is 16.6 Å². The van der Waals surface area contributed by atoms with E-state index in [9.17, 15) is 19.6 Å². The summed E-state index contributed by atoms with van der Waals surface area (Å²) < 4.78 is 8.23. The number of benzene rings is 2. The SMILES string of the molecule is Cc1c(NC(=O)/C(C#N)=C/c2ccccc2OCC(=O)O)c(=O)n(-c2ccccc2)n1C. The van der Waals surface area contributed by atoms with Crippen LogP contribution in [0, 0.1) is 18.3 Å². The van der Waals surface area contributed by atoms with Crippen molar-refractivity contribution < 1.29 is 19.4 Å². The first-order chi connectivity index (χ1) is 15.3. The number of hydrogen-bond donors (Lipinski definition) is 2. The molecule has 32 heavy (non-hydrogen) atoms. The van der Waals surface area contributed by atoms with Gasteiger partial charge in [0.1, 0.15) is 23.1 Å². The van der Waals surface area contributed by atoms with Crippen LogP contribution >= 0.6 is 0 Å². The van der Waals surface area contributed by atoms with Crippen LogP contribution in [0.3, 0.4) is 0 Å². The number of ether oxygens (including phenoxy) is 1. The quantitative estimate of drug-likeness (QED) is 0.436. The molecule has 0 spiro atoms. The van der Waals surface area contributed by atoms with Gasteiger partial charge in [0, 0.05) is 12.6 Å². The number of nitriles is 1. The molecule has 1 aromatic heterocycles. The van der Waals surface area contributed by atoms with E-state index in [1.165, 1.54) is 16.8 Å². The third-order valence-corrected chi connectivity index (χ3v) is 4.73. The van der Waals surface area contributed by atoms with E-state index in [1.807, 2.05) is 12.1 Å². The lowest BCUT2D eigenvalue weighted by Gasteiger charge is -2.08. The van der Waals surface area contributed by atoms with E-state index in [-0.39, 0.29) is 17.0 Å². The molecule has 0 atom stereocenters. The standard InChI is InChI=1S/C23H20N4O5/c1-15-21(23(31)27(26(15)2)18-9-4-3-5-10-18)25-22(30)17(13-24)12-16-8-6-7-11-19(16)32-14-20(28)29/h3-12H,14H2,1-2H3,(H,25,30)(H,28,29)/b17-12+.